The van der Waals surface area contributed by atoms with E-state index in [9.17, 15) is 4.79 Å². The zero-order valence-electron chi connectivity index (χ0n) is 17.2. The molecule has 30 heavy (non-hydrogen) atoms. The first-order valence-corrected chi connectivity index (χ1v) is 10.0. The summed E-state index contributed by atoms with van der Waals surface area (Å²) in [5.41, 5.74) is 0.610. The van der Waals surface area contributed by atoms with Crippen LogP contribution in [0.25, 0.3) is 0 Å². The quantitative estimate of drug-likeness (QED) is 0.601. The lowest BCUT2D eigenvalue weighted by Gasteiger charge is -2.31. The van der Waals surface area contributed by atoms with Gasteiger partial charge < -0.3 is 23.7 Å². The second-order valence-electron chi connectivity index (χ2n) is 7.11. The Bertz CT molecular complexity index is 1000. The molecule has 0 saturated heterocycles. The van der Waals surface area contributed by atoms with Gasteiger partial charge in [0.05, 0.1) is 6.54 Å². The maximum absolute atomic E-state index is 13.0. The third kappa shape index (κ3) is 4.40. The third-order valence-corrected chi connectivity index (χ3v) is 5.05. The van der Waals surface area contributed by atoms with Crippen molar-refractivity contribution in [3.8, 4) is 17.2 Å². The van der Waals surface area contributed by atoms with Crippen molar-refractivity contribution < 1.29 is 19.0 Å². The van der Waals surface area contributed by atoms with Crippen molar-refractivity contribution in [1.29, 1.82) is 0 Å². The predicted octanol–water partition coefficient (Wildman–Crippen LogP) is 3.30. The molecular formula is C23H25N3O4. The summed E-state index contributed by atoms with van der Waals surface area (Å²) in [7, 11) is 1.92. The smallest absolute Gasteiger partial charge is 0.253 e. The Morgan fingerprint density at radius 1 is 1.20 bits per heavy atom. The number of aromatic nitrogens is 2. The minimum Gasteiger partial charge on any atom is -0.486 e. The highest BCUT2D eigenvalue weighted by Crippen LogP contribution is 2.31. The van der Waals surface area contributed by atoms with Gasteiger partial charge >= 0.3 is 0 Å². The molecule has 2 aromatic carbocycles. The summed E-state index contributed by atoms with van der Waals surface area (Å²) in [4.78, 5) is 19.0. The van der Waals surface area contributed by atoms with Crippen molar-refractivity contribution in [2.45, 2.75) is 19.6 Å². The van der Waals surface area contributed by atoms with Crippen LogP contribution in [0.1, 0.15) is 23.1 Å². The molecule has 1 atom stereocenters. The Balaban J connectivity index is 1.36. The van der Waals surface area contributed by atoms with E-state index < -0.39 is 0 Å². The molecule has 2 heterocycles. The first kappa shape index (κ1) is 19.8. The van der Waals surface area contributed by atoms with Gasteiger partial charge in [-0.2, -0.15) is 0 Å². The third-order valence-electron chi connectivity index (χ3n) is 5.05. The molecule has 0 aliphatic carbocycles. The molecule has 0 bridgehead atoms. The van der Waals surface area contributed by atoms with Crippen LogP contribution in [0.4, 0.5) is 0 Å². The van der Waals surface area contributed by atoms with Crippen molar-refractivity contribution in [2.24, 2.45) is 7.05 Å². The lowest BCUT2D eigenvalue weighted by Crippen LogP contribution is -2.43. The number of fused-ring (bicyclic) bond motifs is 1. The number of benzene rings is 2. The number of rotatable bonds is 7. The molecular weight excluding hydrogens is 382 g/mol. The fraction of sp³-hybridized carbons (Fsp3) is 0.304. The standard InChI is InChI=1S/C23H25N3O4/c1-3-26(14-19-15-29-20-6-4-5-7-21(20)30-19)23(27)17-8-10-18(11-9-17)28-16-22-24-12-13-25(22)2/h4-13,19H,3,14-16H2,1-2H3. The Kier molecular flexibility index (Phi) is 5.88. The molecule has 7 heteroatoms. The monoisotopic (exact) mass is 407 g/mol. The number of ether oxygens (including phenoxy) is 3. The van der Waals surface area contributed by atoms with E-state index >= 15 is 0 Å². The van der Waals surface area contributed by atoms with Crippen LogP contribution >= 0.6 is 0 Å². The summed E-state index contributed by atoms with van der Waals surface area (Å²) < 4.78 is 19.4. The lowest BCUT2D eigenvalue weighted by atomic mass is 10.1. The van der Waals surface area contributed by atoms with E-state index in [1.807, 2.05) is 49.0 Å². The van der Waals surface area contributed by atoms with Gasteiger partial charge in [0.25, 0.3) is 5.91 Å². The molecule has 1 unspecified atom stereocenters. The number of carbonyl (C=O) groups excluding carboxylic acids is 1. The number of amides is 1. The van der Waals surface area contributed by atoms with E-state index in [0.717, 1.165) is 11.6 Å². The minimum atomic E-state index is -0.204. The van der Waals surface area contributed by atoms with E-state index in [-0.39, 0.29) is 12.0 Å². The maximum Gasteiger partial charge on any atom is 0.253 e. The van der Waals surface area contributed by atoms with Crippen LogP contribution in [0.15, 0.2) is 60.9 Å². The normalized spacial score (nSPS) is 14.9. The predicted molar refractivity (Wildman–Crippen MR) is 112 cm³/mol. The lowest BCUT2D eigenvalue weighted by molar-refractivity contribution is 0.0475. The summed E-state index contributed by atoms with van der Waals surface area (Å²) in [5, 5.41) is 0. The van der Waals surface area contributed by atoms with Crippen LogP contribution in [0.3, 0.4) is 0 Å². The van der Waals surface area contributed by atoms with Crippen molar-refractivity contribution in [1.82, 2.24) is 14.5 Å². The van der Waals surface area contributed by atoms with Crippen molar-refractivity contribution in [2.75, 3.05) is 19.7 Å². The molecule has 1 aromatic heterocycles. The molecule has 4 rings (SSSR count). The van der Waals surface area contributed by atoms with Gasteiger partial charge in [0, 0.05) is 31.5 Å². The van der Waals surface area contributed by atoms with Crippen molar-refractivity contribution in [3.05, 3.63) is 72.3 Å². The van der Waals surface area contributed by atoms with Gasteiger partial charge in [0.1, 0.15) is 24.8 Å². The number of para-hydroxylation sites is 2. The Morgan fingerprint density at radius 3 is 2.67 bits per heavy atom. The molecule has 1 aliphatic rings. The first-order valence-electron chi connectivity index (χ1n) is 10.0. The summed E-state index contributed by atoms with van der Waals surface area (Å²) >= 11 is 0. The molecule has 0 N–H and O–H groups in total. The van der Waals surface area contributed by atoms with Gasteiger partial charge in [-0.3, -0.25) is 4.79 Å². The van der Waals surface area contributed by atoms with Crippen LogP contribution in [-0.2, 0) is 13.7 Å². The molecule has 156 valence electrons. The number of nitrogens with zero attached hydrogens (tertiary/aromatic N) is 3. The molecule has 1 amide bonds. The second kappa shape index (κ2) is 8.90. The zero-order chi connectivity index (χ0) is 20.9. The number of imidazole rings is 1. The van der Waals surface area contributed by atoms with Crippen LogP contribution in [-0.4, -0.2) is 46.2 Å². The van der Waals surface area contributed by atoms with Gasteiger partial charge in [-0.25, -0.2) is 4.98 Å². The van der Waals surface area contributed by atoms with E-state index in [2.05, 4.69) is 4.98 Å². The highest BCUT2D eigenvalue weighted by Gasteiger charge is 2.25. The summed E-state index contributed by atoms with van der Waals surface area (Å²) in [6.07, 6.45) is 3.41. The topological polar surface area (TPSA) is 65.8 Å². The Labute approximate surface area is 175 Å². The van der Waals surface area contributed by atoms with E-state index in [1.165, 1.54) is 0 Å². The van der Waals surface area contributed by atoms with E-state index in [1.54, 1.807) is 35.4 Å². The fourth-order valence-corrected chi connectivity index (χ4v) is 3.31. The van der Waals surface area contributed by atoms with Crippen LogP contribution < -0.4 is 14.2 Å². The zero-order valence-corrected chi connectivity index (χ0v) is 17.2. The largest absolute Gasteiger partial charge is 0.486 e. The number of hydrogen-bond acceptors (Lipinski definition) is 5. The van der Waals surface area contributed by atoms with Gasteiger partial charge in [-0.15, -0.1) is 0 Å². The number of aryl methyl sites for hydroxylation is 1. The van der Waals surface area contributed by atoms with Crippen molar-refractivity contribution >= 4 is 5.91 Å². The van der Waals surface area contributed by atoms with Crippen LogP contribution in [0.5, 0.6) is 17.2 Å². The number of likely N-dealkylation sites (N-methyl/N-ethyl adjacent to an activating group) is 1. The molecule has 7 nitrogen and oxygen atoms in total. The minimum absolute atomic E-state index is 0.0457. The SMILES string of the molecule is CCN(CC1COc2ccccc2O1)C(=O)c1ccc(OCc2nccn2C)cc1. The highest BCUT2D eigenvalue weighted by molar-refractivity contribution is 5.94. The van der Waals surface area contributed by atoms with Gasteiger partial charge in [-0.1, -0.05) is 12.1 Å². The maximum atomic E-state index is 13.0. The average molecular weight is 407 g/mol. The Morgan fingerprint density at radius 2 is 1.97 bits per heavy atom. The molecule has 3 aromatic rings. The van der Waals surface area contributed by atoms with Gasteiger partial charge in [0.2, 0.25) is 0 Å². The number of carbonyl (C=O) groups is 1. The first-order chi connectivity index (χ1) is 14.6. The average Bonchev–Trinajstić information content (AvgIpc) is 3.20. The highest BCUT2D eigenvalue weighted by atomic mass is 16.6. The second-order valence-corrected chi connectivity index (χ2v) is 7.11. The molecule has 1 aliphatic heterocycles. The van der Waals surface area contributed by atoms with Gasteiger partial charge in [0.15, 0.2) is 17.6 Å². The van der Waals surface area contributed by atoms with E-state index in [0.29, 0.717) is 43.4 Å². The summed E-state index contributed by atoms with van der Waals surface area (Å²) in [6, 6.07) is 14.8. The molecule has 0 spiro atoms. The molecule has 0 radical (unpaired) electrons. The van der Waals surface area contributed by atoms with Crippen LogP contribution in [0, 0.1) is 0 Å². The van der Waals surface area contributed by atoms with Crippen LogP contribution in [0.2, 0.25) is 0 Å². The van der Waals surface area contributed by atoms with E-state index in [4.69, 9.17) is 14.2 Å². The Hall–Kier alpha value is -3.48. The van der Waals surface area contributed by atoms with Gasteiger partial charge in [-0.05, 0) is 43.3 Å². The summed E-state index contributed by atoms with van der Waals surface area (Å²) in [6.45, 7) is 3.79. The number of hydrogen-bond donors (Lipinski definition) is 0. The molecule has 0 fully saturated rings. The van der Waals surface area contributed by atoms with Crippen molar-refractivity contribution in [3.63, 3.8) is 0 Å². The fourth-order valence-electron chi connectivity index (χ4n) is 3.31. The summed E-state index contributed by atoms with van der Waals surface area (Å²) in [5.74, 6) is 2.94. The molecule has 0 saturated carbocycles.